The molecule has 118 valence electrons. The van der Waals surface area contributed by atoms with Crippen molar-refractivity contribution in [1.29, 1.82) is 5.26 Å². The van der Waals surface area contributed by atoms with Gasteiger partial charge in [0.05, 0.1) is 29.5 Å². The van der Waals surface area contributed by atoms with Crippen LogP contribution in [0.1, 0.15) is 12.5 Å². The van der Waals surface area contributed by atoms with Gasteiger partial charge in [0.2, 0.25) is 0 Å². The highest BCUT2D eigenvalue weighted by Gasteiger charge is 2.17. The molecule has 6 heteroatoms. The predicted octanol–water partition coefficient (Wildman–Crippen LogP) is 3.63. The number of methoxy groups -OCH3 is 1. The van der Waals surface area contributed by atoms with Crippen LogP contribution in [-0.2, 0) is 4.79 Å². The predicted molar refractivity (Wildman–Crippen MR) is 87.9 cm³/mol. The maximum atomic E-state index is 12.2. The first kappa shape index (κ1) is 16.7. The number of carbonyl (C=O) groups is 1. The molecule has 0 radical (unpaired) electrons. The Morgan fingerprint density at radius 1 is 1.26 bits per heavy atom. The first-order valence-corrected chi connectivity index (χ1v) is 7.23. The van der Waals surface area contributed by atoms with Gasteiger partial charge in [-0.2, -0.15) is 5.26 Å². The van der Waals surface area contributed by atoms with Crippen LogP contribution in [0.4, 0.5) is 5.69 Å². The van der Waals surface area contributed by atoms with Gasteiger partial charge in [-0.25, -0.2) is 0 Å². The average molecular weight is 331 g/mol. The smallest absolute Gasteiger partial charge is 0.265 e. The zero-order valence-electron chi connectivity index (χ0n) is 12.7. The second-order valence-corrected chi connectivity index (χ2v) is 5.11. The van der Waals surface area contributed by atoms with E-state index in [1.165, 1.54) is 13.2 Å². The number of benzene rings is 2. The number of hydrogen-bond donors (Lipinski definition) is 1. The first-order chi connectivity index (χ1) is 11.0. The van der Waals surface area contributed by atoms with Crippen LogP contribution in [0.25, 0.3) is 0 Å². The van der Waals surface area contributed by atoms with Crippen molar-refractivity contribution in [3.05, 3.63) is 53.1 Å². The van der Waals surface area contributed by atoms with E-state index in [0.29, 0.717) is 22.7 Å². The van der Waals surface area contributed by atoms with E-state index in [2.05, 4.69) is 5.32 Å². The fourth-order valence-corrected chi connectivity index (χ4v) is 2.12. The van der Waals surface area contributed by atoms with Crippen LogP contribution < -0.4 is 14.8 Å². The Morgan fingerprint density at radius 2 is 2.00 bits per heavy atom. The summed E-state index contributed by atoms with van der Waals surface area (Å²) >= 11 is 6.04. The third-order valence-corrected chi connectivity index (χ3v) is 3.39. The van der Waals surface area contributed by atoms with Crippen molar-refractivity contribution in [3.8, 4) is 17.6 Å². The van der Waals surface area contributed by atoms with Crippen molar-refractivity contribution in [2.24, 2.45) is 0 Å². The molecule has 5 nitrogen and oxygen atoms in total. The Morgan fingerprint density at radius 3 is 2.65 bits per heavy atom. The van der Waals surface area contributed by atoms with Crippen LogP contribution in [0.3, 0.4) is 0 Å². The minimum absolute atomic E-state index is 0.279. The van der Waals surface area contributed by atoms with Crippen molar-refractivity contribution in [2.45, 2.75) is 13.0 Å². The molecule has 0 aromatic heterocycles. The number of ether oxygens (including phenoxy) is 2. The molecule has 0 unspecified atom stereocenters. The van der Waals surface area contributed by atoms with E-state index in [-0.39, 0.29) is 10.9 Å². The van der Waals surface area contributed by atoms with Crippen molar-refractivity contribution >= 4 is 23.2 Å². The number of nitrogens with zero attached hydrogens (tertiary/aromatic N) is 1. The van der Waals surface area contributed by atoms with Gasteiger partial charge < -0.3 is 14.8 Å². The molecule has 0 heterocycles. The third kappa shape index (κ3) is 4.15. The maximum Gasteiger partial charge on any atom is 0.265 e. The number of para-hydroxylation sites is 2. The Kier molecular flexibility index (Phi) is 5.45. The van der Waals surface area contributed by atoms with Crippen LogP contribution in [0.2, 0.25) is 5.02 Å². The van der Waals surface area contributed by atoms with Crippen molar-refractivity contribution in [1.82, 2.24) is 0 Å². The van der Waals surface area contributed by atoms with E-state index in [0.717, 1.165) is 0 Å². The summed E-state index contributed by atoms with van der Waals surface area (Å²) in [5, 5.41) is 11.8. The lowest BCUT2D eigenvalue weighted by Gasteiger charge is -2.16. The lowest BCUT2D eigenvalue weighted by molar-refractivity contribution is -0.122. The summed E-state index contributed by atoms with van der Waals surface area (Å²) in [6.07, 6.45) is -0.773. The number of nitriles is 1. The summed E-state index contributed by atoms with van der Waals surface area (Å²) in [6, 6.07) is 13.7. The lowest BCUT2D eigenvalue weighted by Crippen LogP contribution is -2.30. The normalized spacial score (nSPS) is 11.2. The Labute approximate surface area is 139 Å². The highest BCUT2D eigenvalue weighted by Crippen LogP contribution is 2.27. The molecule has 2 aromatic carbocycles. The summed E-state index contributed by atoms with van der Waals surface area (Å²) < 4.78 is 10.7. The van der Waals surface area contributed by atoms with Crippen LogP contribution in [0, 0.1) is 11.3 Å². The summed E-state index contributed by atoms with van der Waals surface area (Å²) in [5.41, 5.74) is 0.981. The Hall–Kier alpha value is -2.71. The largest absolute Gasteiger partial charge is 0.495 e. The molecule has 23 heavy (non-hydrogen) atoms. The average Bonchev–Trinajstić information content (AvgIpc) is 2.57. The van der Waals surface area contributed by atoms with Crippen LogP contribution >= 0.6 is 11.6 Å². The number of amides is 1. The first-order valence-electron chi connectivity index (χ1n) is 6.85. The molecule has 0 saturated carbocycles. The number of nitrogens with one attached hydrogen (secondary N) is 1. The van der Waals surface area contributed by atoms with Crippen molar-refractivity contribution in [2.75, 3.05) is 12.4 Å². The summed E-state index contributed by atoms with van der Waals surface area (Å²) in [4.78, 5) is 12.2. The van der Waals surface area contributed by atoms with Gasteiger partial charge >= 0.3 is 0 Å². The molecule has 1 atom stereocenters. The molecule has 0 spiro atoms. The molecule has 1 amide bonds. The van der Waals surface area contributed by atoms with Crippen LogP contribution in [0.5, 0.6) is 11.5 Å². The van der Waals surface area contributed by atoms with Crippen LogP contribution in [0.15, 0.2) is 42.5 Å². The molecule has 0 aliphatic rings. The number of carbonyl (C=O) groups excluding carboxylic acids is 1. The van der Waals surface area contributed by atoms with Gasteiger partial charge in [-0.1, -0.05) is 23.7 Å². The van der Waals surface area contributed by atoms with E-state index in [4.69, 9.17) is 26.3 Å². The molecule has 2 aromatic rings. The van der Waals surface area contributed by atoms with Gasteiger partial charge in [-0.3, -0.25) is 4.79 Å². The topological polar surface area (TPSA) is 71.3 Å². The van der Waals surface area contributed by atoms with Gasteiger partial charge in [0, 0.05) is 0 Å². The maximum absolute atomic E-state index is 12.2. The molecule has 2 rings (SSSR count). The monoisotopic (exact) mass is 330 g/mol. The van der Waals surface area contributed by atoms with E-state index in [1.807, 2.05) is 12.1 Å². The zero-order valence-corrected chi connectivity index (χ0v) is 13.4. The summed E-state index contributed by atoms with van der Waals surface area (Å²) in [6.45, 7) is 1.61. The molecule has 0 fully saturated rings. The minimum Gasteiger partial charge on any atom is -0.495 e. The lowest BCUT2D eigenvalue weighted by atomic mass is 10.2. The van der Waals surface area contributed by atoms with Gasteiger partial charge in [-0.05, 0) is 37.3 Å². The Bertz CT molecular complexity index is 756. The summed E-state index contributed by atoms with van der Waals surface area (Å²) in [5.74, 6) is 0.563. The fraction of sp³-hybridized carbons (Fsp3) is 0.176. The molecule has 1 N–H and O–H groups in total. The second-order valence-electron chi connectivity index (χ2n) is 4.71. The highest BCUT2D eigenvalue weighted by atomic mass is 35.5. The van der Waals surface area contributed by atoms with Gasteiger partial charge in [0.25, 0.3) is 5.91 Å². The van der Waals surface area contributed by atoms with E-state index in [1.54, 1.807) is 37.3 Å². The SMILES string of the molecule is COc1ccccc1NC(=O)[C@@H](C)Oc1ccc(C#N)cc1Cl. The molecule has 0 saturated heterocycles. The van der Waals surface area contributed by atoms with Gasteiger partial charge in [-0.15, -0.1) is 0 Å². The van der Waals surface area contributed by atoms with Crippen molar-refractivity contribution in [3.63, 3.8) is 0 Å². The number of hydrogen-bond acceptors (Lipinski definition) is 4. The standard InChI is InChI=1S/C17H15ClN2O3/c1-11(23-15-8-7-12(10-19)9-13(15)18)17(21)20-14-5-3-4-6-16(14)22-2/h3-9,11H,1-2H3,(H,20,21)/t11-/m1/s1. The molecule has 0 aliphatic carbocycles. The Balaban J connectivity index is 2.07. The second kappa shape index (κ2) is 7.52. The highest BCUT2D eigenvalue weighted by molar-refractivity contribution is 6.32. The molecular weight excluding hydrogens is 316 g/mol. The number of rotatable bonds is 5. The quantitative estimate of drug-likeness (QED) is 0.908. The van der Waals surface area contributed by atoms with Crippen molar-refractivity contribution < 1.29 is 14.3 Å². The summed E-state index contributed by atoms with van der Waals surface area (Å²) in [7, 11) is 1.53. The fourth-order valence-electron chi connectivity index (χ4n) is 1.89. The minimum atomic E-state index is -0.773. The van der Waals surface area contributed by atoms with Gasteiger partial charge in [0.1, 0.15) is 11.5 Å². The number of anilines is 1. The molecular formula is C17H15ClN2O3. The molecule has 0 bridgehead atoms. The van der Waals surface area contributed by atoms with E-state index >= 15 is 0 Å². The third-order valence-electron chi connectivity index (χ3n) is 3.10. The molecule has 0 aliphatic heterocycles. The number of halogens is 1. The van der Waals surface area contributed by atoms with Crippen LogP contribution in [-0.4, -0.2) is 19.1 Å². The van der Waals surface area contributed by atoms with E-state index < -0.39 is 6.10 Å². The van der Waals surface area contributed by atoms with Gasteiger partial charge in [0.15, 0.2) is 6.10 Å². The zero-order chi connectivity index (χ0) is 16.8. The van der Waals surface area contributed by atoms with E-state index in [9.17, 15) is 4.79 Å².